The zero-order valence-electron chi connectivity index (χ0n) is 18.4. The summed E-state index contributed by atoms with van der Waals surface area (Å²) in [5.41, 5.74) is 3.20. The zero-order valence-corrected chi connectivity index (χ0v) is 18.4. The predicted molar refractivity (Wildman–Crippen MR) is 120 cm³/mol. The van der Waals surface area contributed by atoms with Crippen LogP contribution >= 0.6 is 0 Å². The minimum Gasteiger partial charge on any atom is -0.491 e. The summed E-state index contributed by atoms with van der Waals surface area (Å²) in [5, 5.41) is 5.50. The number of aromatic nitrogens is 4. The first-order valence-corrected chi connectivity index (χ1v) is 10.9. The molecule has 0 spiro atoms. The second-order valence-electron chi connectivity index (χ2n) is 8.09. The molecule has 8 nitrogen and oxygen atoms in total. The topological polar surface area (TPSA) is 78.4 Å². The minimum atomic E-state index is 0.108. The third kappa shape index (κ3) is 4.11. The lowest BCUT2D eigenvalue weighted by atomic mass is 10.1. The van der Waals surface area contributed by atoms with Gasteiger partial charge in [0, 0.05) is 50.1 Å². The van der Waals surface area contributed by atoms with Crippen molar-refractivity contribution < 1.29 is 14.0 Å². The second kappa shape index (κ2) is 9.10. The number of hydrogen-bond acceptors (Lipinski definition) is 7. The number of hydrogen-bond donors (Lipinski definition) is 0. The summed E-state index contributed by atoms with van der Waals surface area (Å²) in [6.45, 7) is 2.86. The molecule has 166 valence electrons. The van der Waals surface area contributed by atoms with Gasteiger partial charge in [-0.1, -0.05) is 23.4 Å². The quantitative estimate of drug-likeness (QED) is 0.389. The third-order valence-electron chi connectivity index (χ3n) is 5.96. The average Bonchev–Trinajstić information content (AvgIpc) is 3.54. The summed E-state index contributed by atoms with van der Waals surface area (Å²) >= 11 is 0. The number of methoxy groups -OCH3 is 1. The van der Waals surface area contributed by atoms with E-state index in [-0.39, 0.29) is 6.04 Å². The Hall–Kier alpha value is -3.23. The Labute approximate surface area is 186 Å². The van der Waals surface area contributed by atoms with E-state index in [1.807, 2.05) is 12.1 Å². The monoisotopic (exact) mass is 433 g/mol. The van der Waals surface area contributed by atoms with Crippen LogP contribution in [0.4, 0.5) is 0 Å². The van der Waals surface area contributed by atoms with E-state index in [4.69, 9.17) is 19.0 Å². The van der Waals surface area contributed by atoms with Gasteiger partial charge in [-0.25, -0.2) is 0 Å². The first kappa shape index (κ1) is 20.7. The van der Waals surface area contributed by atoms with Gasteiger partial charge in [0.05, 0.1) is 12.6 Å². The number of para-hydroxylation sites is 1. The molecule has 3 aromatic heterocycles. The van der Waals surface area contributed by atoms with Crippen molar-refractivity contribution in [3.05, 3.63) is 60.2 Å². The van der Waals surface area contributed by atoms with Crippen molar-refractivity contribution in [2.24, 2.45) is 7.05 Å². The Kier molecular flexibility index (Phi) is 5.87. The maximum absolute atomic E-state index is 5.69. The summed E-state index contributed by atoms with van der Waals surface area (Å²) in [7, 11) is 3.74. The Morgan fingerprint density at radius 1 is 1.19 bits per heavy atom. The molecule has 0 bridgehead atoms. The van der Waals surface area contributed by atoms with Gasteiger partial charge in [0.25, 0.3) is 0 Å². The SMILES string of the molecule is COCCOc1ccnc(-c2noc(C3CCCN3Cc3cn(C)c4ccccc34)n2)c1. The fraction of sp³-hybridized carbons (Fsp3) is 0.375. The smallest absolute Gasteiger partial charge is 0.244 e. The molecule has 1 saturated heterocycles. The Bertz CT molecular complexity index is 1200. The fourth-order valence-corrected chi connectivity index (χ4v) is 4.41. The highest BCUT2D eigenvalue weighted by molar-refractivity contribution is 5.83. The summed E-state index contributed by atoms with van der Waals surface area (Å²) in [6.07, 6.45) is 6.02. The Morgan fingerprint density at radius 3 is 3.00 bits per heavy atom. The normalized spacial score (nSPS) is 16.8. The van der Waals surface area contributed by atoms with Crippen LogP contribution in [-0.2, 0) is 18.3 Å². The lowest BCUT2D eigenvalue weighted by Crippen LogP contribution is -2.22. The molecule has 0 N–H and O–H groups in total. The van der Waals surface area contributed by atoms with Crippen LogP contribution in [0.25, 0.3) is 22.4 Å². The standard InChI is InChI=1S/C24H27N5O3/c1-28-15-17(19-6-3-4-7-21(19)28)16-29-11-5-8-22(29)24-26-23(27-32-24)20-14-18(9-10-25-20)31-13-12-30-2/h3-4,6-7,9-10,14-15,22H,5,8,11-13,16H2,1-2H3. The number of pyridine rings is 1. The lowest BCUT2D eigenvalue weighted by molar-refractivity contribution is 0.146. The molecular formula is C24H27N5O3. The number of benzene rings is 1. The van der Waals surface area contributed by atoms with Crippen LogP contribution in [0.3, 0.4) is 0 Å². The van der Waals surface area contributed by atoms with Crippen LogP contribution in [-0.4, -0.2) is 51.5 Å². The van der Waals surface area contributed by atoms with Crippen LogP contribution in [0.15, 0.2) is 53.3 Å². The molecule has 4 heterocycles. The van der Waals surface area contributed by atoms with Crippen molar-refractivity contribution in [2.45, 2.75) is 25.4 Å². The predicted octanol–water partition coefficient (Wildman–Crippen LogP) is 3.99. The van der Waals surface area contributed by atoms with Gasteiger partial charge in [0.1, 0.15) is 18.1 Å². The van der Waals surface area contributed by atoms with E-state index in [1.165, 1.54) is 16.5 Å². The summed E-state index contributed by atoms with van der Waals surface area (Å²) in [5.74, 6) is 1.83. The van der Waals surface area contributed by atoms with Crippen molar-refractivity contribution in [2.75, 3.05) is 26.9 Å². The van der Waals surface area contributed by atoms with Gasteiger partial charge >= 0.3 is 0 Å². The van der Waals surface area contributed by atoms with Gasteiger partial charge in [-0.2, -0.15) is 4.98 Å². The molecule has 1 atom stereocenters. The second-order valence-corrected chi connectivity index (χ2v) is 8.09. The van der Waals surface area contributed by atoms with E-state index in [1.54, 1.807) is 13.3 Å². The molecule has 0 amide bonds. The van der Waals surface area contributed by atoms with Gasteiger partial charge in [-0.3, -0.25) is 9.88 Å². The first-order valence-electron chi connectivity index (χ1n) is 10.9. The summed E-state index contributed by atoms with van der Waals surface area (Å²) in [6, 6.07) is 12.3. The molecule has 0 aliphatic carbocycles. The van der Waals surface area contributed by atoms with Crippen LogP contribution in [0, 0.1) is 0 Å². The van der Waals surface area contributed by atoms with Crippen molar-refractivity contribution >= 4 is 10.9 Å². The van der Waals surface area contributed by atoms with E-state index in [0.29, 0.717) is 36.4 Å². The van der Waals surface area contributed by atoms with Crippen molar-refractivity contribution in [3.63, 3.8) is 0 Å². The zero-order chi connectivity index (χ0) is 21.9. The molecule has 1 aliphatic rings. The molecule has 32 heavy (non-hydrogen) atoms. The molecule has 1 unspecified atom stereocenters. The number of likely N-dealkylation sites (tertiary alicyclic amines) is 1. The molecular weight excluding hydrogens is 406 g/mol. The molecule has 1 fully saturated rings. The highest BCUT2D eigenvalue weighted by atomic mass is 16.5. The summed E-state index contributed by atoms with van der Waals surface area (Å²) in [4.78, 5) is 11.5. The third-order valence-corrected chi connectivity index (χ3v) is 5.96. The first-order chi connectivity index (χ1) is 15.7. The van der Waals surface area contributed by atoms with E-state index in [0.717, 1.165) is 25.9 Å². The largest absolute Gasteiger partial charge is 0.491 e. The van der Waals surface area contributed by atoms with Crippen LogP contribution in [0.5, 0.6) is 5.75 Å². The molecule has 0 radical (unpaired) electrons. The molecule has 5 rings (SSSR count). The van der Waals surface area contributed by atoms with E-state index in [9.17, 15) is 0 Å². The average molecular weight is 434 g/mol. The summed E-state index contributed by atoms with van der Waals surface area (Å²) < 4.78 is 18.6. The van der Waals surface area contributed by atoms with Crippen molar-refractivity contribution in [3.8, 4) is 17.3 Å². The lowest BCUT2D eigenvalue weighted by Gasteiger charge is -2.21. The number of rotatable bonds is 8. The van der Waals surface area contributed by atoms with Crippen LogP contribution < -0.4 is 4.74 Å². The van der Waals surface area contributed by atoms with Crippen LogP contribution in [0.1, 0.15) is 30.3 Å². The molecule has 8 heteroatoms. The molecule has 1 aliphatic heterocycles. The van der Waals surface area contributed by atoms with Gasteiger partial charge in [0.2, 0.25) is 11.7 Å². The maximum Gasteiger partial charge on any atom is 0.244 e. The van der Waals surface area contributed by atoms with Gasteiger partial charge in [-0.05, 0) is 37.1 Å². The Morgan fingerprint density at radius 2 is 2.09 bits per heavy atom. The van der Waals surface area contributed by atoms with Gasteiger partial charge in [0.15, 0.2) is 0 Å². The number of fused-ring (bicyclic) bond motifs is 1. The Balaban J connectivity index is 1.34. The molecule has 4 aromatic rings. The number of nitrogens with zero attached hydrogens (tertiary/aromatic N) is 5. The van der Waals surface area contributed by atoms with Gasteiger partial charge < -0.3 is 18.6 Å². The van der Waals surface area contributed by atoms with Crippen molar-refractivity contribution in [1.29, 1.82) is 0 Å². The maximum atomic E-state index is 5.69. The number of ether oxygens (including phenoxy) is 2. The molecule has 0 saturated carbocycles. The highest BCUT2D eigenvalue weighted by Gasteiger charge is 2.31. The van der Waals surface area contributed by atoms with Crippen molar-refractivity contribution in [1.82, 2.24) is 24.6 Å². The fourth-order valence-electron chi connectivity index (χ4n) is 4.41. The molecule has 1 aromatic carbocycles. The van der Waals surface area contributed by atoms with E-state index >= 15 is 0 Å². The van der Waals surface area contributed by atoms with E-state index < -0.39 is 0 Å². The van der Waals surface area contributed by atoms with Gasteiger partial charge in [-0.15, -0.1) is 0 Å². The van der Waals surface area contributed by atoms with Crippen LogP contribution in [0.2, 0.25) is 0 Å². The van der Waals surface area contributed by atoms with E-state index in [2.05, 4.69) is 57.1 Å². The highest BCUT2D eigenvalue weighted by Crippen LogP contribution is 2.34. The number of aryl methyl sites for hydroxylation is 1. The minimum absolute atomic E-state index is 0.108.